The van der Waals surface area contributed by atoms with Gasteiger partial charge in [-0.25, -0.2) is 4.39 Å². The van der Waals surface area contributed by atoms with Crippen LogP contribution in [0.5, 0.6) is 0 Å². The van der Waals surface area contributed by atoms with E-state index in [4.69, 9.17) is 5.73 Å². The van der Waals surface area contributed by atoms with Gasteiger partial charge in [-0.05, 0) is 48.9 Å². The van der Waals surface area contributed by atoms with Crippen molar-refractivity contribution in [3.8, 4) is 0 Å². The van der Waals surface area contributed by atoms with Crippen LogP contribution in [0.3, 0.4) is 0 Å². The van der Waals surface area contributed by atoms with Crippen LogP contribution in [-0.4, -0.2) is 6.04 Å². The van der Waals surface area contributed by atoms with Crippen LogP contribution in [0, 0.1) is 12.7 Å². The van der Waals surface area contributed by atoms with E-state index in [1.165, 1.54) is 12.5 Å². The molecule has 2 rings (SSSR count). The van der Waals surface area contributed by atoms with Crippen molar-refractivity contribution in [3.05, 3.63) is 35.1 Å². The van der Waals surface area contributed by atoms with Crippen molar-refractivity contribution < 1.29 is 4.39 Å². The van der Waals surface area contributed by atoms with Crippen molar-refractivity contribution in [2.75, 3.05) is 0 Å². The van der Waals surface area contributed by atoms with E-state index in [9.17, 15) is 4.39 Å². The average molecular weight is 193 g/mol. The van der Waals surface area contributed by atoms with Crippen molar-refractivity contribution in [2.45, 2.75) is 38.1 Å². The Kier molecular flexibility index (Phi) is 2.55. The molecule has 2 N–H and O–H groups in total. The van der Waals surface area contributed by atoms with Crippen LogP contribution in [-0.2, 0) is 0 Å². The maximum Gasteiger partial charge on any atom is 0.123 e. The number of hydrogen-bond donors (Lipinski definition) is 1. The molecule has 0 aromatic heterocycles. The summed E-state index contributed by atoms with van der Waals surface area (Å²) in [4.78, 5) is 0. The van der Waals surface area contributed by atoms with Crippen molar-refractivity contribution in [3.63, 3.8) is 0 Å². The Balaban J connectivity index is 2.34. The van der Waals surface area contributed by atoms with Gasteiger partial charge in [0.2, 0.25) is 0 Å². The van der Waals surface area contributed by atoms with Crippen LogP contribution < -0.4 is 5.73 Å². The van der Waals surface area contributed by atoms with Crippen molar-refractivity contribution >= 4 is 0 Å². The average Bonchev–Trinajstić information content (AvgIpc) is 2.56. The first kappa shape index (κ1) is 9.66. The van der Waals surface area contributed by atoms with E-state index in [-0.39, 0.29) is 11.9 Å². The predicted molar refractivity (Wildman–Crippen MR) is 55.7 cm³/mol. The SMILES string of the molecule is Cc1ccc(F)cc1C1CCCC1N. The van der Waals surface area contributed by atoms with Gasteiger partial charge >= 0.3 is 0 Å². The molecule has 2 unspecified atom stereocenters. The highest BCUT2D eigenvalue weighted by molar-refractivity contribution is 5.31. The molecule has 0 heterocycles. The highest BCUT2D eigenvalue weighted by atomic mass is 19.1. The quantitative estimate of drug-likeness (QED) is 0.729. The zero-order chi connectivity index (χ0) is 10.1. The fraction of sp³-hybridized carbons (Fsp3) is 0.500. The molecule has 2 heteroatoms. The van der Waals surface area contributed by atoms with E-state index < -0.39 is 0 Å². The van der Waals surface area contributed by atoms with Crippen LogP contribution in [0.1, 0.15) is 36.3 Å². The van der Waals surface area contributed by atoms with Gasteiger partial charge in [-0.15, -0.1) is 0 Å². The maximum absolute atomic E-state index is 13.1. The van der Waals surface area contributed by atoms with Gasteiger partial charge in [0.05, 0.1) is 0 Å². The molecule has 0 saturated heterocycles. The molecular formula is C12H16FN. The smallest absolute Gasteiger partial charge is 0.123 e. The third-order valence-corrected chi connectivity index (χ3v) is 3.21. The molecule has 1 aliphatic rings. The molecule has 76 valence electrons. The lowest BCUT2D eigenvalue weighted by Gasteiger charge is -2.18. The third kappa shape index (κ3) is 1.67. The normalized spacial score (nSPS) is 26.8. The lowest BCUT2D eigenvalue weighted by atomic mass is 9.91. The van der Waals surface area contributed by atoms with Crippen LogP contribution in [0.2, 0.25) is 0 Å². The molecule has 0 bridgehead atoms. The predicted octanol–water partition coefficient (Wildman–Crippen LogP) is 2.73. The van der Waals surface area contributed by atoms with Crippen LogP contribution in [0.15, 0.2) is 18.2 Å². The number of rotatable bonds is 1. The second kappa shape index (κ2) is 3.70. The molecule has 1 aliphatic carbocycles. The fourth-order valence-electron chi connectivity index (χ4n) is 2.39. The molecule has 1 fully saturated rings. The van der Waals surface area contributed by atoms with Gasteiger partial charge in [-0.1, -0.05) is 12.5 Å². The number of aryl methyl sites for hydroxylation is 1. The second-order valence-electron chi connectivity index (χ2n) is 4.20. The zero-order valence-electron chi connectivity index (χ0n) is 8.46. The summed E-state index contributed by atoms with van der Waals surface area (Å²) in [5.74, 6) is 0.218. The van der Waals surface area contributed by atoms with Gasteiger partial charge in [0.15, 0.2) is 0 Å². The van der Waals surface area contributed by atoms with Gasteiger partial charge in [0.1, 0.15) is 5.82 Å². The molecule has 0 radical (unpaired) electrons. The highest BCUT2D eigenvalue weighted by Gasteiger charge is 2.26. The van der Waals surface area contributed by atoms with E-state index in [0.29, 0.717) is 5.92 Å². The molecule has 1 nitrogen and oxygen atoms in total. The first-order valence-corrected chi connectivity index (χ1v) is 5.20. The number of nitrogens with two attached hydrogens (primary N) is 1. The zero-order valence-corrected chi connectivity index (χ0v) is 8.46. The van der Waals surface area contributed by atoms with Gasteiger partial charge in [-0.3, -0.25) is 0 Å². The summed E-state index contributed by atoms with van der Waals surface area (Å²) in [5, 5.41) is 0. The molecular weight excluding hydrogens is 177 g/mol. The summed E-state index contributed by atoms with van der Waals surface area (Å²) in [7, 11) is 0. The first-order chi connectivity index (χ1) is 6.68. The molecule has 0 amide bonds. The van der Waals surface area contributed by atoms with E-state index in [0.717, 1.165) is 24.0 Å². The molecule has 1 saturated carbocycles. The maximum atomic E-state index is 13.1. The summed E-state index contributed by atoms with van der Waals surface area (Å²) in [6, 6.07) is 5.22. The van der Waals surface area contributed by atoms with Crippen LogP contribution in [0.25, 0.3) is 0 Å². The Hall–Kier alpha value is -0.890. The third-order valence-electron chi connectivity index (χ3n) is 3.21. The Morgan fingerprint density at radius 1 is 1.36 bits per heavy atom. The van der Waals surface area contributed by atoms with Gasteiger partial charge in [0, 0.05) is 6.04 Å². The molecule has 2 atom stereocenters. The summed E-state index contributed by atoms with van der Waals surface area (Å²) >= 11 is 0. The Labute approximate surface area is 84.1 Å². The van der Waals surface area contributed by atoms with Gasteiger partial charge in [0.25, 0.3) is 0 Å². The Morgan fingerprint density at radius 2 is 2.14 bits per heavy atom. The summed E-state index contributed by atoms with van der Waals surface area (Å²) in [5.41, 5.74) is 8.27. The Morgan fingerprint density at radius 3 is 2.79 bits per heavy atom. The van der Waals surface area contributed by atoms with Crippen molar-refractivity contribution in [1.82, 2.24) is 0 Å². The molecule has 0 spiro atoms. The minimum atomic E-state index is -0.148. The number of halogens is 1. The van der Waals surface area contributed by atoms with Gasteiger partial charge in [-0.2, -0.15) is 0 Å². The Bertz CT molecular complexity index is 335. The standard InChI is InChI=1S/C12H16FN/c1-8-5-6-9(13)7-11(8)10-3-2-4-12(10)14/h5-7,10,12H,2-4,14H2,1H3. The van der Waals surface area contributed by atoms with Crippen LogP contribution in [0.4, 0.5) is 4.39 Å². The highest BCUT2D eigenvalue weighted by Crippen LogP contribution is 2.35. The van der Waals surface area contributed by atoms with Crippen molar-refractivity contribution in [1.29, 1.82) is 0 Å². The van der Waals surface area contributed by atoms with Crippen molar-refractivity contribution in [2.24, 2.45) is 5.73 Å². The molecule has 14 heavy (non-hydrogen) atoms. The van der Waals surface area contributed by atoms with E-state index in [1.54, 1.807) is 6.07 Å². The van der Waals surface area contributed by atoms with Crippen LogP contribution >= 0.6 is 0 Å². The van der Waals surface area contributed by atoms with E-state index in [1.807, 2.05) is 13.0 Å². The fourth-order valence-corrected chi connectivity index (χ4v) is 2.39. The summed E-state index contributed by atoms with van der Waals surface area (Å²) < 4.78 is 13.1. The lowest BCUT2D eigenvalue weighted by molar-refractivity contribution is 0.591. The lowest BCUT2D eigenvalue weighted by Crippen LogP contribution is -2.23. The first-order valence-electron chi connectivity index (χ1n) is 5.20. The summed E-state index contributed by atoms with van der Waals surface area (Å²) in [6.07, 6.45) is 3.34. The summed E-state index contributed by atoms with van der Waals surface area (Å²) in [6.45, 7) is 2.03. The van der Waals surface area contributed by atoms with E-state index in [2.05, 4.69) is 0 Å². The van der Waals surface area contributed by atoms with E-state index >= 15 is 0 Å². The number of benzene rings is 1. The second-order valence-corrected chi connectivity index (χ2v) is 4.20. The molecule has 1 aromatic carbocycles. The monoisotopic (exact) mass is 193 g/mol. The largest absolute Gasteiger partial charge is 0.327 e. The van der Waals surface area contributed by atoms with Gasteiger partial charge < -0.3 is 5.73 Å². The topological polar surface area (TPSA) is 26.0 Å². The molecule has 1 aromatic rings. The molecule has 0 aliphatic heterocycles. The number of hydrogen-bond acceptors (Lipinski definition) is 1. The minimum absolute atomic E-state index is 0.148. The minimum Gasteiger partial charge on any atom is -0.327 e.